The van der Waals surface area contributed by atoms with E-state index in [4.69, 9.17) is 26.8 Å². The maximum absolute atomic E-state index is 14.6. The maximum Gasteiger partial charge on any atom is 0.410 e. The molecule has 0 spiro atoms. The number of hydrogen-bond donors (Lipinski definition) is 1. The number of amides is 1. The Labute approximate surface area is 159 Å². The predicted octanol–water partition coefficient (Wildman–Crippen LogP) is 4.01. The number of rotatable bonds is 5. The first kappa shape index (κ1) is 20.8. The van der Waals surface area contributed by atoms with Gasteiger partial charge in [0.15, 0.2) is 0 Å². The molecule has 7 heteroatoms. The topological polar surface area (TPSA) is 64.8 Å². The van der Waals surface area contributed by atoms with Gasteiger partial charge in [-0.05, 0) is 57.6 Å². The Morgan fingerprint density at radius 3 is 2.81 bits per heavy atom. The summed E-state index contributed by atoms with van der Waals surface area (Å²) in [6, 6.07) is 3.37. The lowest BCUT2D eigenvalue weighted by molar-refractivity contribution is 0.0166. The minimum absolute atomic E-state index is 0.0178. The first-order chi connectivity index (χ1) is 12.2. The van der Waals surface area contributed by atoms with Crippen molar-refractivity contribution in [2.45, 2.75) is 45.6 Å². The van der Waals surface area contributed by atoms with E-state index < -0.39 is 11.4 Å². The van der Waals surface area contributed by atoms with Crippen LogP contribution in [0.3, 0.4) is 0 Å². The Balaban J connectivity index is 2.02. The van der Waals surface area contributed by atoms with Crippen LogP contribution in [-0.4, -0.2) is 42.8 Å². The van der Waals surface area contributed by atoms with E-state index in [1.807, 2.05) is 20.8 Å². The number of piperidine rings is 1. The standard InChI is InChI=1S/C19H28ClFN2O3/c1-19(2,3)26-18(24)23-9-4-5-13(12-23)11-14-6-7-15(25-10-8-22)16(20)17(14)21/h6-7,13H,4-5,8-12,22H2,1-3H3/t13-/m0/s1. The third-order valence-corrected chi connectivity index (χ3v) is 4.53. The average Bonchev–Trinajstić information content (AvgIpc) is 2.57. The van der Waals surface area contributed by atoms with E-state index in [1.54, 1.807) is 17.0 Å². The number of carbonyl (C=O) groups is 1. The van der Waals surface area contributed by atoms with Crippen molar-refractivity contribution in [3.05, 3.63) is 28.5 Å². The van der Waals surface area contributed by atoms with Crippen LogP contribution in [0.4, 0.5) is 9.18 Å². The fourth-order valence-electron chi connectivity index (χ4n) is 3.04. The van der Waals surface area contributed by atoms with Gasteiger partial charge in [0, 0.05) is 19.6 Å². The number of halogens is 2. The fourth-order valence-corrected chi connectivity index (χ4v) is 3.28. The van der Waals surface area contributed by atoms with Crippen LogP contribution >= 0.6 is 11.6 Å². The second-order valence-corrected chi connectivity index (χ2v) is 8.00. The molecule has 0 radical (unpaired) electrons. The van der Waals surface area contributed by atoms with Gasteiger partial charge in [-0.15, -0.1) is 0 Å². The molecule has 0 saturated carbocycles. The average molecular weight is 387 g/mol. The molecule has 0 aromatic heterocycles. The quantitative estimate of drug-likeness (QED) is 0.830. The van der Waals surface area contributed by atoms with Crippen molar-refractivity contribution in [1.29, 1.82) is 0 Å². The van der Waals surface area contributed by atoms with Crippen molar-refractivity contribution >= 4 is 17.7 Å². The van der Waals surface area contributed by atoms with Crippen LogP contribution in [0.1, 0.15) is 39.2 Å². The van der Waals surface area contributed by atoms with Crippen LogP contribution in [-0.2, 0) is 11.2 Å². The number of hydrogen-bond acceptors (Lipinski definition) is 4. The van der Waals surface area contributed by atoms with Gasteiger partial charge in [0.1, 0.15) is 28.8 Å². The molecular formula is C19H28ClFN2O3. The highest BCUT2D eigenvalue weighted by Crippen LogP contribution is 2.32. The largest absolute Gasteiger partial charge is 0.491 e. The highest BCUT2D eigenvalue weighted by Gasteiger charge is 2.28. The molecule has 1 amide bonds. The lowest BCUT2D eigenvalue weighted by Crippen LogP contribution is -2.43. The van der Waals surface area contributed by atoms with E-state index in [-0.39, 0.29) is 23.6 Å². The second kappa shape index (κ2) is 8.91. The molecule has 5 nitrogen and oxygen atoms in total. The van der Waals surface area contributed by atoms with Crippen molar-refractivity contribution < 1.29 is 18.7 Å². The number of nitrogens with zero attached hydrogens (tertiary/aromatic N) is 1. The Hall–Kier alpha value is -1.53. The molecule has 0 aliphatic carbocycles. The number of ether oxygens (including phenoxy) is 2. The van der Waals surface area contributed by atoms with E-state index in [9.17, 15) is 9.18 Å². The molecule has 2 N–H and O–H groups in total. The van der Waals surface area contributed by atoms with E-state index in [1.165, 1.54) is 0 Å². The summed E-state index contributed by atoms with van der Waals surface area (Å²) in [7, 11) is 0. The summed E-state index contributed by atoms with van der Waals surface area (Å²) in [5, 5.41) is -0.0178. The van der Waals surface area contributed by atoms with Crippen LogP contribution in [0.2, 0.25) is 5.02 Å². The van der Waals surface area contributed by atoms with Gasteiger partial charge in [-0.25, -0.2) is 9.18 Å². The molecule has 1 aliphatic rings. The summed E-state index contributed by atoms with van der Waals surface area (Å²) in [6.07, 6.45) is 2.01. The van der Waals surface area contributed by atoms with Gasteiger partial charge in [-0.2, -0.15) is 0 Å². The molecule has 0 bridgehead atoms. The van der Waals surface area contributed by atoms with Gasteiger partial charge in [0.2, 0.25) is 0 Å². The molecule has 1 fully saturated rings. The number of likely N-dealkylation sites (tertiary alicyclic amines) is 1. The zero-order valence-electron chi connectivity index (χ0n) is 15.7. The van der Waals surface area contributed by atoms with Crippen LogP contribution in [0.15, 0.2) is 12.1 Å². The lowest BCUT2D eigenvalue weighted by Gasteiger charge is -2.34. The molecule has 146 valence electrons. The van der Waals surface area contributed by atoms with Gasteiger partial charge in [0.05, 0.1) is 0 Å². The monoisotopic (exact) mass is 386 g/mol. The third-order valence-electron chi connectivity index (χ3n) is 4.18. The molecule has 26 heavy (non-hydrogen) atoms. The summed E-state index contributed by atoms with van der Waals surface area (Å²) in [6.45, 7) is 7.38. The zero-order chi connectivity index (χ0) is 19.3. The number of carbonyl (C=O) groups excluding carboxylic acids is 1. The molecule has 1 aromatic carbocycles. The normalized spacial score (nSPS) is 17.9. The summed E-state index contributed by atoms with van der Waals surface area (Å²) in [4.78, 5) is 14.0. The van der Waals surface area contributed by atoms with E-state index in [0.717, 1.165) is 12.8 Å². The number of benzene rings is 1. The molecule has 1 saturated heterocycles. The smallest absolute Gasteiger partial charge is 0.410 e. The molecule has 1 heterocycles. The Bertz CT molecular complexity index is 634. The zero-order valence-corrected chi connectivity index (χ0v) is 16.4. The Morgan fingerprint density at radius 1 is 1.42 bits per heavy atom. The minimum Gasteiger partial charge on any atom is -0.491 e. The molecule has 1 aliphatic heterocycles. The Kier molecular flexibility index (Phi) is 7.12. The van der Waals surface area contributed by atoms with Gasteiger partial charge >= 0.3 is 6.09 Å². The molecular weight excluding hydrogens is 359 g/mol. The Morgan fingerprint density at radius 2 is 2.15 bits per heavy atom. The fraction of sp³-hybridized carbons (Fsp3) is 0.632. The van der Waals surface area contributed by atoms with E-state index in [0.29, 0.717) is 37.4 Å². The van der Waals surface area contributed by atoms with Crippen molar-refractivity contribution in [1.82, 2.24) is 4.90 Å². The summed E-state index contributed by atoms with van der Waals surface area (Å²) < 4.78 is 25.4. The van der Waals surface area contributed by atoms with Crippen LogP contribution in [0, 0.1) is 11.7 Å². The van der Waals surface area contributed by atoms with Crippen LogP contribution in [0.5, 0.6) is 5.75 Å². The van der Waals surface area contributed by atoms with Gasteiger partial charge in [-0.3, -0.25) is 0 Å². The molecule has 2 rings (SSSR count). The van der Waals surface area contributed by atoms with Gasteiger partial charge < -0.3 is 20.1 Å². The maximum atomic E-state index is 14.6. The van der Waals surface area contributed by atoms with Crippen molar-refractivity contribution in [3.63, 3.8) is 0 Å². The van der Waals surface area contributed by atoms with Crippen molar-refractivity contribution in [2.75, 3.05) is 26.2 Å². The van der Waals surface area contributed by atoms with E-state index in [2.05, 4.69) is 0 Å². The second-order valence-electron chi connectivity index (χ2n) is 7.63. The first-order valence-corrected chi connectivity index (χ1v) is 9.36. The predicted molar refractivity (Wildman–Crippen MR) is 100 cm³/mol. The number of nitrogens with two attached hydrogens (primary N) is 1. The molecule has 1 aromatic rings. The van der Waals surface area contributed by atoms with Crippen LogP contribution < -0.4 is 10.5 Å². The highest BCUT2D eigenvalue weighted by molar-refractivity contribution is 6.32. The third kappa shape index (κ3) is 5.74. The lowest BCUT2D eigenvalue weighted by atomic mass is 9.91. The van der Waals surface area contributed by atoms with Crippen LogP contribution in [0.25, 0.3) is 0 Å². The van der Waals surface area contributed by atoms with Gasteiger partial charge in [-0.1, -0.05) is 17.7 Å². The summed E-state index contributed by atoms with van der Waals surface area (Å²) >= 11 is 6.08. The van der Waals surface area contributed by atoms with Crippen molar-refractivity contribution in [3.8, 4) is 5.75 Å². The summed E-state index contributed by atoms with van der Waals surface area (Å²) in [5.41, 5.74) is 5.40. The molecule has 0 unspecified atom stereocenters. The first-order valence-electron chi connectivity index (χ1n) is 8.99. The summed E-state index contributed by atoms with van der Waals surface area (Å²) in [5.74, 6) is 0.00520. The van der Waals surface area contributed by atoms with Gasteiger partial charge in [0.25, 0.3) is 0 Å². The molecule has 1 atom stereocenters. The minimum atomic E-state index is -0.525. The van der Waals surface area contributed by atoms with E-state index >= 15 is 0 Å². The SMILES string of the molecule is CC(C)(C)OC(=O)N1CCC[C@@H](Cc2ccc(OCCN)c(Cl)c2F)C1. The van der Waals surface area contributed by atoms with Crippen molar-refractivity contribution in [2.24, 2.45) is 11.7 Å². The highest BCUT2D eigenvalue weighted by atomic mass is 35.5.